The number of nitrogens with one attached hydrogen (secondary N) is 1. The van der Waals surface area contributed by atoms with Gasteiger partial charge < -0.3 is 15.8 Å². The van der Waals surface area contributed by atoms with E-state index in [-0.39, 0.29) is 22.9 Å². The molecule has 0 fully saturated rings. The summed E-state index contributed by atoms with van der Waals surface area (Å²) in [6.07, 6.45) is -0.155. The van der Waals surface area contributed by atoms with E-state index in [0.717, 1.165) is 0 Å². The van der Waals surface area contributed by atoms with Crippen LogP contribution in [0, 0.1) is 5.82 Å². The molecule has 0 bridgehead atoms. The lowest BCUT2D eigenvalue weighted by Crippen LogP contribution is -2.15. The van der Waals surface area contributed by atoms with Crippen molar-refractivity contribution in [2.24, 2.45) is 0 Å². The number of benzene rings is 2. The molecule has 0 aromatic heterocycles. The number of amides is 1. The molecule has 0 heterocycles. The largest absolute Gasteiger partial charge is 0.495 e. The van der Waals surface area contributed by atoms with Crippen LogP contribution >= 0.6 is 11.6 Å². The highest BCUT2D eigenvalue weighted by Crippen LogP contribution is 2.25. The fraction of sp³-hybridized carbons (Fsp3) is 0.133. The number of halogens is 2. The molecule has 6 heteroatoms. The monoisotopic (exact) mass is 308 g/mol. The maximum Gasteiger partial charge on any atom is 0.228 e. The molecule has 0 aliphatic carbocycles. The summed E-state index contributed by atoms with van der Waals surface area (Å²) in [4.78, 5) is 11.9. The maximum absolute atomic E-state index is 13.6. The number of anilines is 2. The van der Waals surface area contributed by atoms with Crippen molar-refractivity contribution in [3.8, 4) is 5.75 Å². The van der Waals surface area contributed by atoms with Gasteiger partial charge in [0.15, 0.2) is 0 Å². The van der Waals surface area contributed by atoms with Gasteiger partial charge >= 0.3 is 0 Å². The summed E-state index contributed by atoms with van der Waals surface area (Å²) in [5, 5.41) is 2.86. The van der Waals surface area contributed by atoms with Crippen LogP contribution in [0.2, 0.25) is 5.02 Å². The maximum atomic E-state index is 13.6. The minimum absolute atomic E-state index is 0.155. The smallest absolute Gasteiger partial charge is 0.228 e. The van der Waals surface area contributed by atoms with Crippen molar-refractivity contribution in [3.05, 3.63) is 52.8 Å². The van der Waals surface area contributed by atoms with Crippen molar-refractivity contribution >= 4 is 28.9 Å². The normalized spacial score (nSPS) is 10.2. The highest BCUT2D eigenvalue weighted by molar-refractivity contribution is 6.31. The van der Waals surface area contributed by atoms with Gasteiger partial charge in [0, 0.05) is 16.3 Å². The van der Waals surface area contributed by atoms with Crippen LogP contribution in [-0.2, 0) is 11.2 Å². The van der Waals surface area contributed by atoms with Gasteiger partial charge in [0.05, 0.1) is 19.2 Å². The third-order valence-electron chi connectivity index (χ3n) is 2.91. The van der Waals surface area contributed by atoms with Crippen LogP contribution in [0.5, 0.6) is 5.75 Å². The van der Waals surface area contributed by atoms with Crippen LogP contribution in [0.3, 0.4) is 0 Å². The van der Waals surface area contributed by atoms with E-state index in [1.54, 1.807) is 24.3 Å². The topological polar surface area (TPSA) is 64.3 Å². The number of hydrogen-bond donors (Lipinski definition) is 2. The van der Waals surface area contributed by atoms with Crippen molar-refractivity contribution in [2.75, 3.05) is 18.2 Å². The standard InChI is InChI=1S/C15H14ClFN2O2/c1-21-14-6-5-9(7-13(14)18)19-15(20)8-10-11(16)3-2-4-12(10)17/h2-7H,8,18H2,1H3,(H,19,20). The fourth-order valence-electron chi connectivity index (χ4n) is 1.88. The first-order valence-electron chi connectivity index (χ1n) is 6.17. The summed E-state index contributed by atoms with van der Waals surface area (Å²) in [7, 11) is 1.50. The number of hydrogen-bond acceptors (Lipinski definition) is 3. The van der Waals surface area contributed by atoms with Crippen molar-refractivity contribution in [2.45, 2.75) is 6.42 Å². The molecule has 0 aliphatic rings. The summed E-state index contributed by atoms with van der Waals surface area (Å²) in [6.45, 7) is 0. The average molecular weight is 309 g/mol. The van der Waals surface area contributed by atoms with Gasteiger partial charge in [0.2, 0.25) is 5.91 Å². The van der Waals surface area contributed by atoms with Crippen LogP contribution in [0.25, 0.3) is 0 Å². The van der Waals surface area contributed by atoms with E-state index in [2.05, 4.69) is 5.32 Å². The van der Waals surface area contributed by atoms with Gasteiger partial charge in [-0.3, -0.25) is 4.79 Å². The predicted molar refractivity (Wildman–Crippen MR) is 81.2 cm³/mol. The number of carbonyl (C=O) groups is 1. The second-order valence-electron chi connectivity index (χ2n) is 4.38. The molecule has 2 aromatic rings. The fourth-order valence-corrected chi connectivity index (χ4v) is 2.11. The van der Waals surface area contributed by atoms with E-state index < -0.39 is 5.82 Å². The number of ether oxygens (including phenoxy) is 1. The first kappa shape index (κ1) is 15.1. The molecule has 2 aromatic carbocycles. The third-order valence-corrected chi connectivity index (χ3v) is 3.27. The molecule has 1 amide bonds. The summed E-state index contributed by atoms with van der Waals surface area (Å²) in [5.41, 5.74) is 6.82. The lowest BCUT2D eigenvalue weighted by atomic mass is 10.1. The quantitative estimate of drug-likeness (QED) is 0.852. The Bertz CT molecular complexity index is 656. The minimum atomic E-state index is -0.508. The van der Waals surface area contributed by atoms with Crippen molar-refractivity contribution in [1.82, 2.24) is 0 Å². The molecular formula is C15H14ClFN2O2. The Labute approximate surface area is 126 Å². The molecule has 2 rings (SSSR count). The molecule has 0 atom stereocenters. The van der Waals surface area contributed by atoms with E-state index in [4.69, 9.17) is 22.1 Å². The van der Waals surface area contributed by atoms with Gasteiger partial charge in [-0.05, 0) is 30.3 Å². The predicted octanol–water partition coefficient (Wildman–Crippen LogP) is 3.25. The van der Waals surface area contributed by atoms with E-state index >= 15 is 0 Å². The van der Waals surface area contributed by atoms with Crippen LogP contribution in [0.1, 0.15) is 5.56 Å². The summed E-state index contributed by atoms with van der Waals surface area (Å²) in [5.74, 6) is -0.372. The molecule has 0 unspecified atom stereocenters. The number of nitrogen functional groups attached to an aromatic ring is 1. The van der Waals surface area contributed by atoms with Crippen molar-refractivity contribution in [1.29, 1.82) is 0 Å². The molecule has 0 saturated heterocycles. The van der Waals surface area contributed by atoms with Gasteiger partial charge in [-0.15, -0.1) is 0 Å². The lowest BCUT2D eigenvalue weighted by Gasteiger charge is -2.10. The number of rotatable bonds is 4. The zero-order valence-electron chi connectivity index (χ0n) is 11.3. The van der Waals surface area contributed by atoms with Crippen LogP contribution < -0.4 is 15.8 Å². The van der Waals surface area contributed by atoms with E-state index in [1.807, 2.05) is 0 Å². The van der Waals surface area contributed by atoms with Crippen LogP contribution in [0.15, 0.2) is 36.4 Å². The zero-order valence-corrected chi connectivity index (χ0v) is 12.1. The molecule has 0 aliphatic heterocycles. The van der Waals surface area contributed by atoms with E-state index in [0.29, 0.717) is 17.1 Å². The van der Waals surface area contributed by atoms with Crippen LogP contribution in [-0.4, -0.2) is 13.0 Å². The highest BCUT2D eigenvalue weighted by atomic mass is 35.5. The number of carbonyl (C=O) groups excluding carboxylic acids is 1. The average Bonchev–Trinajstić information content (AvgIpc) is 2.43. The van der Waals surface area contributed by atoms with Crippen molar-refractivity contribution in [3.63, 3.8) is 0 Å². The Morgan fingerprint density at radius 1 is 1.38 bits per heavy atom. The first-order chi connectivity index (χ1) is 10.0. The molecule has 0 spiro atoms. The number of methoxy groups -OCH3 is 1. The number of nitrogens with two attached hydrogens (primary N) is 1. The van der Waals surface area contributed by atoms with Gasteiger partial charge in [0.1, 0.15) is 11.6 Å². The van der Waals surface area contributed by atoms with E-state index in [1.165, 1.54) is 19.2 Å². The van der Waals surface area contributed by atoms with Gasteiger partial charge in [0.25, 0.3) is 0 Å². The highest BCUT2D eigenvalue weighted by Gasteiger charge is 2.12. The van der Waals surface area contributed by atoms with Gasteiger partial charge in [-0.25, -0.2) is 4.39 Å². The molecular weight excluding hydrogens is 295 g/mol. The van der Waals surface area contributed by atoms with Crippen molar-refractivity contribution < 1.29 is 13.9 Å². The Morgan fingerprint density at radius 3 is 2.76 bits per heavy atom. The van der Waals surface area contributed by atoms with E-state index in [9.17, 15) is 9.18 Å². The Balaban J connectivity index is 2.10. The van der Waals surface area contributed by atoms with Crippen LogP contribution in [0.4, 0.5) is 15.8 Å². The molecule has 0 radical (unpaired) electrons. The van der Waals surface area contributed by atoms with Gasteiger partial charge in [-0.2, -0.15) is 0 Å². The molecule has 0 saturated carbocycles. The Morgan fingerprint density at radius 2 is 2.14 bits per heavy atom. The minimum Gasteiger partial charge on any atom is -0.495 e. The Hall–Kier alpha value is -2.27. The SMILES string of the molecule is COc1ccc(NC(=O)Cc2c(F)cccc2Cl)cc1N. The summed E-state index contributed by atoms with van der Waals surface area (Å²) in [6, 6.07) is 9.15. The summed E-state index contributed by atoms with van der Waals surface area (Å²) >= 11 is 5.88. The second-order valence-corrected chi connectivity index (χ2v) is 4.79. The first-order valence-corrected chi connectivity index (χ1v) is 6.55. The zero-order chi connectivity index (χ0) is 15.4. The molecule has 4 nitrogen and oxygen atoms in total. The second kappa shape index (κ2) is 6.45. The van der Waals surface area contributed by atoms with Gasteiger partial charge in [-0.1, -0.05) is 17.7 Å². The summed E-state index contributed by atoms with van der Waals surface area (Å²) < 4.78 is 18.6. The third kappa shape index (κ3) is 3.64. The molecule has 21 heavy (non-hydrogen) atoms. The molecule has 3 N–H and O–H groups in total. The molecule has 110 valence electrons. The Kier molecular flexibility index (Phi) is 4.65. The lowest BCUT2D eigenvalue weighted by molar-refractivity contribution is -0.115.